The van der Waals surface area contributed by atoms with Gasteiger partial charge < -0.3 is 10.1 Å². The fourth-order valence-electron chi connectivity index (χ4n) is 2.24. The third-order valence-corrected chi connectivity index (χ3v) is 3.03. The third kappa shape index (κ3) is 3.51. The summed E-state index contributed by atoms with van der Waals surface area (Å²) in [6.45, 7) is 6.12. The quantitative estimate of drug-likeness (QED) is 0.872. The minimum atomic E-state index is -0.198. The lowest BCUT2D eigenvalue weighted by atomic mass is 10.0. The molecule has 1 N–H and O–H groups in total. The van der Waals surface area contributed by atoms with E-state index in [0.717, 1.165) is 25.1 Å². The average molecular weight is 237 g/mol. The Morgan fingerprint density at radius 2 is 2.00 bits per heavy atom. The number of halogens is 1. The van der Waals surface area contributed by atoms with E-state index in [0.29, 0.717) is 5.92 Å². The number of benzene rings is 1. The van der Waals surface area contributed by atoms with E-state index in [9.17, 15) is 4.39 Å². The Bertz CT molecular complexity index is 350. The number of ether oxygens (including phenoxy) is 1. The van der Waals surface area contributed by atoms with Gasteiger partial charge in [0.2, 0.25) is 0 Å². The van der Waals surface area contributed by atoms with Crippen molar-refractivity contribution in [2.24, 2.45) is 5.92 Å². The van der Waals surface area contributed by atoms with Crippen LogP contribution in [0.3, 0.4) is 0 Å². The van der Waals surface area contributed by atoms with E-state index in [1.807, 2.05) is 0 Å². The highest BCUT2D eigenvalue weighted by molar-refractivity contribution is 5.19. The number of hydrogen-bond donors (Lipinski definition) is 1. The molecule has 94 valence electrons. The van der Waals surface area contributed by atoms with Crippen molar-refractivity contribution in [3.8, 4) is 0 Å². The molecule has 0 aromatic heterocycles. The molecule has 2 atom stereocenters. The zero-order valence-corrected chi connectivity index (χ0v) is 10.4. The number of nitrogens with one attached hydrogen (secondary N) is 1. The van der Waals surface area contributed by atoms with E-state index in [1.54, 1.807) is 12.1 Å². The fraction of sp³-hybridized carbons (Fsp3) is 0.571. The molecule has 1 saturated heterocycles. The molecular formula is C14H20FNO. The van der Waals surface area contributed by atoms with Crippen LogP contribution in [-0.4, -0.2) is 19.2 Å². The van der Waals surface area contributed by atoms with Crippen LogP contribution in [-0.2, 0) is 4.74 Å². The Morgan fingerprint density at radius 3 is 2.65 bits per heavy atom. The van der Waals surface area contributed by atoms with Crippen molar-refractivity contribution < 1.29 is 9.13 Å². The van der Waals surface area contributed by atoms with Crippen LogP contribution in [0.25, 0.3) is 0 Å². The SMILES string of the molecule is CC(C)CC1CNCC(c2ccc(F)cc2)O1. The molecule has 0 aliphatic carbocycles. The second kappa shape index (κ2) is 5.61. The van der Waals surface area contributed by atoms with Crippen LogP contribution < -0.4 is 5.32 Å². The molecule has 1 fully saturated rings. The predicted octanol–water partition coefficient (Wildman–Crippen LogP) is 2.90. The van der Waals surface area contributed by atoms with Crippen molar-refractivity contribution in [1.29, 1.82) is 0 Å². The Labute approximate surface area is 102 Å². The van der Waals surface area contributed by atoms with Gasteiger partial charge in [0.1, 0.15) is 5.82 Å². The molecule has 1 aromatic carbocycles. The molecule has 0 amide bonds. The monoisotopic (exact) mass is 237 g/mol. The van der Waals surface area contributed by atoms with E-state index in [-0.39, 0.29) is 18.0 Å². The van der Waals surface area contributed by atoms with Crippen LogP contribution in [0.4, 0.5) is 4.39 Å². The Kier molecular flexibility index (Phi) is 4.13. The first-order chi connectivity index (χ1) is 8.15. The highest BCUT2D eigenvalue weighted by Crippen LogP contribution is 2.24. The summed E-state index contributed by atoms with van der Waals surface area (Å²) >= 11 is 0. The Balaban J connectivity index is 1.99. The van der Waals surface area contributed by atoms with Gasteiger partial charge in [0.05, 0.1) is 12.2 Å². The van der Waals surface area contributed by atoms with Gasteiger partial charge in [-0.3, -0.25) is 0 Å². The zero-order chi connectivity index (χ0) is 12.3. The van der Waals surface area contributed by atoms with Gasteiger partial charge in [0, 0.05) is 13.1 Å². The Hall–Kier alpha value is -0.930. The minimum absolute atomic E-state index is 0.0492. The maximum Gasteiger partial charge on any atom is 0.123 e. The van der Waals surface area contributed by atoms with E-state index in [1.165, 1.54) is 12.1 Å². The van der Waals surface area contributed by atoms with Gasteiger partial charge in [-0.2, -0.15) is 0 Å². The average Bonchev–Trinajstić information content (AvgIpc) is 2.29. The first-order valence-electron chi connectivity index (χ1n) is 6.27. The summed E-state index contributed by atoms with van der Waals surface area (Å²) in [5.41, 5.74) is 1.05. The highest BCUT2D eigenvalue weighted by Gasteiger charge is 2.23. The van der Waals surface area contributed by atoms with Gasteiger partial charge in [0.15, 0.2) is 0 Å². The second-order valence-corrected chi connectivity index (χ2v) is 5.09. The molecule has 0 saturated carbocycles. The smallest absolute Gasteiger partial charge is 0.123 e. The summed E-state index contributed by atoms with van der Waals surface area (Å²) in [5.74, 6) is 0.435. The molecule has 2 nitrogen and oxygen atoms in total. The molecule has 1 aromatic rings. The molecular weight excluding hydrogens is 217 g/mol. The van der Waals surface area contributed by atoms with E-state index in [4.69, 9.17) is 4.74 Å². The molecule has 17 heavy (non-hydrogen) atoms. The van der Waals surface area contributed by atoms with Crippen LogP contribution in [0.5, 0.6) is 0 Å². The summed E-state index contributed by atoms with van der Waals surface area (Å²) in [5, 5.41) is 3.38. The van der Waals surface area contributed by atoms with Crippen LogP contribution in [0.2, 0.25) is 0 Å². The summed E-state index contributed by atoms with van der Waals surface area (Å²) in [4.78, 5) is 0. The standard InChI is InChI=1S/C14H20FNO/c1-10(2)7-13-8-16-9-14(17-13)11-3-5-12(15)6-4-11/h3-6,10,13-14,16H,7-9H2,1-2H3. The van der Waals surface area contributed by atoms with Gasteiger partial charge in [-0.05, 0) is 30.0 Å². The lowest BCUT2D eigenvalue weighted by molar-refractivity contribution is -0.0474. The van der Waals surface area contributed by atoms with Crippen molar-refractivity contribution in [2.75, 3.05) is 13.1 Å². The van der Waals surface area contributed by atoms with Gasteiger partial charge in [0.25, 0.3) is 0 Å². The molecule has 1 aliphatic rings. The highest BCUT2D eigenvalue weighted by atomic mass is 19.1. The summed E-state index contributed by atoms with van der Waals surface area (Å²) in [6.07, 6.45) is 1.37. The fourth-order valence-corrected chi connectivity index (χ4v) is 2.24. The molecule has 0 radical (unpaired) electrons. The first-order valence-corrected chi connectivity index (χ1v) is 6.27. The molecule has 0 bridgehead atoms. The van der Waals surface area contributed by atoms with Crippen LogP contribution >= 0.6 is 0 Å². The van der Waals surface area contributed by atoms with E-state index < -0.39 is 0 Å². The van der Waals surface area contributed by atoms with Crippen LogP contribution in [0.15, 0.2) is 24.3 Å². The van der Waals surface area contributed by atoms with Crippen LogP contribution in [0.1, 0.15) is 31.9 Å². The molecule has 2 rings (SSSR count). The van der Waals surface area contributed by atoms with Crippen molar-refractivity contribution in [3.63, 3.8) is 0 Å². The van der Waals surface area contributed by atoms with Crippen molar-refractivity contribution in [3.05, 3.63) is 35.6 Å². The lowest BCUT2D eigenvalue weighted by Crippen LogP contribution is -2.41. The maximum absolute atomic E-state index is 12.8. The molecule has 0 spiro atoms. The minimum Gasteiger partial charge on any atom is -0.368 e. The predicted molar refractivity (Wildman–Crippen MR) is 66.3 cm³/mol. The van der Waals surface area contributed by atoms with Gasteiger partial charge in [-0.15, -0.1) is 0 Å². The van der Waals surface area contributed by atoms with Gasteiger partial charge in [-0.1, -0.05) is 26.0 Å². The molecule has 3 heteroatoms. The summed E-state index contributed by atoms with van der Waals surface area (Å²) < 4.78 is 18.9. The first kappa shape index (κ1) is 12.5. The van der Waals surface area contributed by atoms with E-state index in [2.05, 4.69) is 19.2 Å². The second-order valence-electron chi connectivity index (χ2n) is 5.09. The summed E-state index contributed by atoms with van der Waals surface area (Å²) in [6, 6.07) is 6.59. The van der Waals surface area contributed by atoms with Crippen molar-refractivity contribution >= 4 is 0 Å². The lowest BCUT2D eigenvalue weighted by Gasteiger charge is -2.32. The number of rotatable bonds is 3. The molecule has 2 unspecified atom stereocenters. The number of hydrogen-bond acceptors (Lipinski definition) is 2. The van der Waals surface area contributed by atoms with Crippen LogP contribution in [0, 0.1) is 11.7 Å². The maximum atomic E-state index is 12.8. The van der Waals surface area contributed by atoms with Crippen molar-refractivity contribution in [1.82, 2.24) is 5.32 Å². The topological polar surface area (TPSA) is 21.3 Å². The normalized spacial score (nSPS) is 25.2. The van der Waals surface area contributed by atoms with Gasteiger partial charge in [-0.25, -0.2) is 4.39 Å². The van der Waals surface area contributed by atoms with Crippen molar-refractivity contribution in [2.45, 2.75) is 32.5 Å². The summed E-state index contributed by atoms with van der Waals surface area (Å²) in [7, 11) is 0. The molecule has 1 aliphatic heterocycles. The third-order valence-electron chi connectivity index (χ3n) is 3.03. The zero-order valence-electron chi connectivity index (χ0n) is 10.4. The van der Waals surface area contributed by atoms with E-state index >= 15 is 0 Å². The Morgan fingerprint density at radius 1 is 1.29 bits per heavy atom. The largest absolute Gasteiger partial charge is 0.368 e. The molecule has 1 heterocycles. The number of morpholine rings is 1. The van der Waals surface area contributed by atoms with Gasteiger partial charge >= 0.3 is 0 Å².